The molecule has 4 unspecified atom stereocenters. The van der Waals surface area contributed by atoms with E-state index in [1.807, 2.05) is 67.6 Å². The summed E-state index contributed by atoms with van der Waals surface area (Å²) in [5.74, 6) is 0.235. The van der Waals surface area contributed by atoms with Crippen molar-refractivity contribution in [3.05, 3.63) is 95.3 Å². The van der Waals surface area contributed by atoms with Crippen molar-refractivity contribution in [1.82, 2.24) is 4.98 Å². The van der Waals surface area contributed by atoms with Gasteiger partial charge in [-0.2, -0.15) is 0 Å². The number of amides is 1. The van der Waals surface area contributed by atoms with Gasteiger partial charge in [-0.15, -0.1) is 0 Å². The van der Waals surface area contributed by atoms with Gasteiger partial charge >= 0.3 is 0 Å². The van der Waals surface area contributed by atoms with Crippen LogP contribution in [-0.2, 0) is 11.8 Å². The first kappa shape index (κ1) is 25.1. The third-order valence-electron chi connectivity index (χ3n) is 7.78. The van der Waals surface area contributed by atoms with E-state index in [1.54, 1.807) is 6.20 Å². The number of aliphatic hydroxyl groups excluding tert-OH is 2. The summed E-state index contributed by atoms with van der Waals surface area (Å²) in [6.45, 7) is 4.05. The highest BCUT2D eigenvalue weighted by molar-refractivity contribution is 6.04. The molecule has 0 saturated heterocycles. The minimum Gasteiger partial charge on any atom is -0.390 e. The van der Waals surface area contributed by atoms with Gasteiger partial charge in [0.2, 0.25) is 0 Å². The molecule has 0 spiro atoms. The van der Waals surface area contributed by atoms with Crippen LogP contribution < -0.4 is 5.32 Å². The number of aryl methyl sites for hydroxylation is 2. The van der Waals surface area contributed by atoms with E-state index in [4.69, 9.17) is 0 Å². The molecule has 1 saturated carbocycles. The molecule has 5 heteroatoms. The van der Waals surface area contributed by atoms with Crippen molar-refractivity contribution in [2.45, 2.75) is 70.0 Å². The van der Waals surface area contributed by atoms with Crippen LogP contribution in [0, 0.1) is 12.8 Å². The molecule has 0 radical (unpaired) electrons. The van der Waals surface area contributed by atoms with Crippen molar-refractivity contribution in [3.8, 4) is 0 Å². The third-order valence-corrected chi connectivity index (χ3v) is 7.78. The van der Waals surface area contributed by atoms with Gasteiger partial charge < -0.3 is 15.5 Å². The minimum atomic E-state index is -0.686. The van der Waals surface area contributed by atoms with E-state index < -0.39 is 12.2 Å². The molecule has 2 aliphatic rings. The van der Waals surface area contributed by atoms with Gasteiger partial charge in [0.15, 0.2) is 0 Å². The van der Waals surface area contributed by atoms with E-state index in [1.165, 1.54) is 11.1 Å². The van der Waals surface area contributed by atoms with Crippen molar-refractivity contribution in [1.29, 1.82) is 0 Å². The summed E-state index contributed by atoms with van der Waals surface area (Å²) in [6.07, 6.45) is 5.56. The second-order valence-electron chi connectivity index (χ2n) is 9.79. The van der Waals surface area contributed by atoms with Crippen molar-refractivity contribution in [2.24, 2.45) is 5.92 Å². The Morgan fingerprint density at radius 1 is 1.06 bits per heavy atom. The molecule has 0 aliphatic heterocycles. The molecule has 5 rings (SSSR count). The number of carbonyl (C=O) groups excluding carboxylic acids is 1. The molecular formula is C30H36N2O3. The van der Waals surface area contributed by atoms with Crippen LogP contribution in [0.2, 0.25) is 0 Å². The van der Waals surface area contributed by atoms with E-state index >= 15 is 0 Å². The Morgan fingerprint density at radius 3 is 2.43 bits per heavy atom. The quantitative estimate of drug-likeness (QED) is 0.474. The number of benzene rings is 2. The van der Waals surface area contributed by atoms with Gasteiger partial charge in [0.05, 0.1) is 23.6 Å². The van der Waals surface area contributed by atoms with E-state index in [0.29, 0.717) is 24.3 Å². The Bertz CT molecular complexity index is 1110. The Balaban J connectivity index is 0.000000421. The monoisotopic (exact) mass is 472 g/mol. The number of anilines is 1. The van der Waals surface area contributed by atoms with Gasteiger partial charge in [-0.3, -0.25) is 9.78 Å². The van der Waals surface area contributed by atoms with Crippen molar-refractivity contribution < 1.29 is 15.0 Å². The molecule has 4 atom stereocenters. The summed E-state index contributed by atoms with van der Waals surface area (Å²) in [4.78, 5) is 17.1. The summed E-state index contributed by atoms with van der Waals surface area (Å²) in [5, 5.41) is 23.6. The topological polar surface area (TPSA) is 82.5 Å². The summed E-state index contributed by atoms with van der Waals surface area (Å²) < 4.78 is 0. The first-order valence-corrected chi connectivity index (χ1v) is 12.7. The van der Waals surface area contributed by atoms with Crippen molar-refractivity contribution >= 4 is 11.6 Å². The number of fused-ring (bicyclic) bond motifs is 3. The Kier molecular flexibility index (Phi) is 7.99. The van der Waals surface area contributed by atoms with Gasteiger partial charge in [-0.05, 0) is 86.8 Å². The van der Waals surface area contributed by atoms with Crippen LogP contribution in [0.25, 0.3) is 0 Å². The predicted octanol–water partition coefficient (Wildman–Crippen LogP) is 5.44. The average Bonchev–Trinajstić information content (AvgIpc) is 3.03. The summed E-state index contributed by atoms with van der Waals surface area (Å²) >= 11 is 0. The molecule has 3 N–H and O–H groups in total. The van der Waals surface area contributed by atoms with Crippen LogP contribution in [0.1, 0.15) is 66.2 Å². The number of aromatic nitrogens is 1. The van der Waals surface area contributed by atoms with Crippen molar-refractivity contribution in [2.75, 3.05) is 5.32 Å². The van der Waals surface area contributed by atoms with Crippen LogP contribution in [0.3, 0.4) is 0 Å². The van der Waals surface area contributed by atoms with Crippen molar-refractivity contribution in [3.63, 3.8) is 0 Å². The second-order valence-corrected chi connectivity index (χ2v) is 9.79. The summed E-state index contributed by atoms with van der Waals surface area (Å²) in [7, 11) is 0. The maximum absolute atomic E-state index is 12.9. The number of nitrogens with zero attached hydrogens (tertiary/aromatic N) is 1. The van der Waals surface area contributed by atoms with Crippen LogP contribution in [0.4, 0.5) is 5.69 Å². The Labute approximate surface area is 208 Å². The first-order valence-electron chi connectivity index (χ1n) is 12.7. The van der Waals surface area contributed by atoms with Gasteiger partial charge in [0.1, 0.15) is 0 Å². The first-order chi connectivity index (χ1) is 16.9. The molecule has 3 aromatic rings. The fourth-order valence-electron chi connectivity index (χ4n) is 5.86. The molecule has 0 bridgehead atoms. The number of carbonyl (C=O) groups is 1. The maximum atomic E-state index is 12.9. The lowest BCUT2D eigenvalue weighted by molar-refractivity contribution is -0.0611. The fourth-order valence-corrected chi connectivity index (χ4v) is 5.86. The SMILES string of the molecule is CCC12CC(O)C(O)CC1CCCc1cc(C(=O)Nc3cccnc3C)ccc12.c1ccccc1. The predicted molar refractivity (Wildman–Crippen MR) is 139 cm³/mol. The third kappa shape index (κ3) is 5.47. The van der Waals surface area contributed by atoms with Crippen LogP contribution in [0.15, 0.2) is 72.9 Å². The zero-order valence-corrected chi connectivity index (χ0v) is 20.7. The lowest BCUT2D eigenvalue weighted by atomic mass is 9.59. The number of nitrogens with one attached hydrogen (secondary N) is 1. The zero-order chi connectivity index (χ0) is 24.8. The largest absolute Gasteiger partial charge is 0.390 e. The normalized spacial score (nSPS) is 25.2. The number of rotatable bonds is 3. The highest BCUT2D eigenvalue weighted by Gasteiger charge is 2.48. The molecule has 5 nitrogen and oxygen atoms in total. The molecule has 184 valence electrons. The van der Waals surface area contributed by atoms with Gasteiger partial charge in [-0.1, -0.05) is 49.4 Å². The maximum Gasteiger partial charge on any atom is 0.255 e. The van der Waals surface area contributed by atoms with E-state index in [-0.39, 0.29) is 11.3 Å². The molecule has 1 heterocycles. The number of hydrogen-bond donors (Lipinski definition) is 3. The van der Waals surface area contributed by atoms with Gasteiger partial charge in [0.25, 0.3) is 5.91 Å². The fraction of sp³-hybridized carbons (Fsp3) is 0.400. The number of pyridine rings is 1. The van der Waals surface area contributed by atoms with Crippen LogP contribution >= 0.6 is 0 Å². The van der Waals surface area contributed by atoms with Crippen LogP contribution in [-0.4, -0.2) is 33.3 Å². The minimum absolute atomic E-state index is 0.126. The Hall–Kier alpha value is -3.02. The zero-order valence-electron chi connectivity index (χ0n) is 20.7. The number of hydrogen-bond acceptors (Lipinski definition) is 4. The average molecular weight is 473 g/mol. The molecule has 1 fully saturated rings. The standard InChI is InChI=1S/C24H30N2O3.C6H6/c1-3-24-14-22(28)21(27)13-18(24)7-4-6-16-12-17(9-10-19(16)24)23(29)26-20-8-5-11-25-15(20)2;1-2-4-6-5-3-1/h5,8-12,18,21-22,27-28H,3-4,6-7,13-14H2,1-2H3,(H,26,29);1-6H. The molecule has 2 aliphatic carbocycles. The highest BCUT2D eigenvalue weighted by atomic mass is 16.3. The van der Waals surface area contributed by atoms with E-state index in [2.05, 4.69) is 23.3 Å². The highest BCUT2D eigenvalue weighted by Crippen LogP contribution is 2.51. The van der Waals surface area contributed by atoms with E-state index in [0.717, 1.165) is 37.1 Å². The number of aliphatic hydroxyl groups is 2. The van der Waals surface area contributed by atoms with Gasteiger partial charge in [-0.25, -0.2) is 0 Å². The summed E-state index contributed by atoms with van der Waals surface area (Å²) in [5.41, 5.74) is 4.49. The molecule has 1 aromatic heterocycles. The summed E-state index contributed by atoms with van der Waals surface area (Å²) in [6, 6.07) is 21.7. The van der Waals surface area contributed by atoms with E-state index in [9.17, 15) is 15.0 Å². The second kappa shape index (κ2) is 11.1. The lowest BCUT2D eigenvalue weighted by Gasteiger charge is -2.47. The van der Waals surface area contributed by atoms with Gasteiger partial charge in [0, 0.05) is 17.2 Å². The molecule has 2 aromatic carbocycles. The molecule has 35 heavy (non-hydrogen) atoms. The molecule has 1 amide bonds. The lowest BCUT2D eigenvalue weighted by Crippen LogP contribution is -2.48. The van der Waals surface area contributed by atoms with Crippen LogP contribution in [0.5, 0.6) is 0 Å². The molecular weight excluding hydrogens is 436 g/mol. The smallest absolute Gasteiger partial charge is 0.255 e. The Morgan fingerprint density at radius 2 is 1.77 bits per heavy atom.